The molecule has 2 unspecified atom stereocenters. The molecule has 0 aromatic heterocycles. The van der Waals surface area contributed by atoms with Crippen LogP contribution in [0.5, 0.6) is 0 Å². The topological polar surface area (TPSA) is 114 Å². The van der Waals surface area contributed by atoms with Crippen LogP contribution in [-0.4, -0.2) is 55.0 Å². The number of alkyl carbamates (subject to hydrolysis) is 1. The minimum absolute atomic E-state index is 0.0567. The van der Waals surface area contributed by atoms with Crippen molar-refractivity contribution in [2.45, 2.75) is 37.8 Å². The molecule has 3 N–H and O–H groups in total. The number of aliphatic carboxylic acids is 1. The van der Waals surface area contributed by atoms with Gasteiger partial charge < -0.3 is 25.2 Å². The van der Waals surface area contributed by atoms with Gasteiger partial charge in [-0.05, 0) is 35.1 Å². The minimum atomic E-state index is -0.896. The highest BCUT2D eigenvalue weighted by Gasteiger charge is 2.32. The highest BCUT2D eigenvalue weighted by atomic mass is 16.5. The number of carboxylic acid groups (broad SMARTS) is 1. The standard InChI is InChI=1S/C25H28N2O6/c1-2-22(23(28)26-12-16-11-15(13-32-16)24(29)30)27-25(31)33-14-21-19-9-5-3-7-17(19)18-8-4-6-10-20(18)21/h3-10,15-16,21-22H,2,11-14H2,1H3,(H,26,28)(H,27,31)(H,29,30)/t15?,16?,22-/m0/s1. The summed E-state index contributed by atoms with van der Waals surface area (Å²) in [4.78, 5) is 36.0. The molecule has 2 aromatic carbocycles. The summed E-state index contributed by atoms with van der Waals surface area (Å²) < 4.78 is 10.9. The molecular weight excluding hydrogens is 424 g/mol. The number of ether oxygens (including phenoxy) is 2. The predicted molar refractivity (Wildman–Crippen MR) is 121 cm³/mol. The lowest BCUT2D eigenvalue weighted by Gasteiger charge is -2.19. The second-order valence-corrected chi connectivity index (χ2v) is 8.40. The van der Waals surface area contributed by atoms with Crippen molar-refractivity contribution >= 4 is 18.0 Å². The van der Waals surface area contributed by atoms with Crippen molar-refractivity contribution in [3.63, 3.8) is 0 Å². The Morgan fingerprint density at radius 3 is 2.30 bits per heavy atom. The molecule has 8 heteroatoms. The van der Waals surface area contributed by atoms with E-state index < -0.39 is 24.0 Å². The molecule has 33 heavy (non-hydrogen) atoms. The first-order valence-corrected chi connectivity index (χ1v) is 11.2. The monoisotopic (exact) mass is 452 g/mol. The van der Waals surface area contributed by atoms with Gasteiger partial charge in [0.2, 0.25) is 5.91 Å². The Bertz CT molecular complexity index is 994. The van der Waals surface area contributed by atoms with Gasteiger partial charge in [0.1, 0.15) is 12.6 Å². The van der Waals surface area contributed by atoms with Gasteiger partial charge in [-0.25, -0.2) is 4.79 Å². The van der Waals surface area contributed by atoms with E-state index in [9.17, 15) is 14.4 Å². The highest BCUT2D eigenvalue weighted by molar-refractivity contribution is 5.85. The number of carbonyl (C=O) groups excluding carboxylic acids is 2. The molecule has 0 spiro atoms. The maximum absolute atomic E-state index is 12.5. The number of benzene rings is 2. The van der Waals surface area contributed by atoms with Crippen LogP contribution in [0.25, 0.3) is 11.1 Å². The van der Waals surface area contributed by atoms with Gasteiger partial charge in [-0.3, -0.25) is 9.59 Å². The van der Waals surface area contributed by atoms with Gasteiger partial charge in [0.15, 0.2) is 0 Å². The largest absolute Gasteiger partial charge is 0.481 e. The maximum atomic E-state index is 12.5. The van der Waals surface area contributed by atoms with E-state index in [1.165, 1.54) is 0 Å². The first kappa shape index (κ1) is 22.8. The molecule has 0 radical (unpaired) electrons. The molecule has 0 saturated carbocycles. The SMILES string of the molecule is CC[C@H](NC(=O)OCC1c2ccccc2-c2ccccc21)C(=O)NCC1CC(C(=O)O)CO1. The number of carbonyl (C=O) groups is 3. The minimum Gasteiger partial charge on any atom is -0.481 e. The lowest BCUT2D eigenvalue weighted by Crippen LogP contribution is -2.48. The Hall–Kier alpha value is -3.39. The number of carboxylic acids is 1. The normalized spacial score (nSPS) is 19.9. The van der Waals surface area contributed by atoms with E-state index in [1.54, 1.807) is 6.92 Å². The Kier molecular flexibility index (Phi) is 6.93. The quantitative estimate of drug-likeness (QED) is 0.568. The van der Waals surface area contributed by atoms with Crippen LogP contribution >= 0.6 is 0 Å². The summed E-state index contributed by atoms with van der Waals surface area (Å²) in [7, 11) is 0. The van der Waals surface area contributed by atoms with Crippen molar-refractivity contribution in [2.24, 2.45) is 5.92 Å². The lowest BCUT2D eigenvalue weighted by molar-refractivity contribution is -0.141. The first-order valence-electron chi connectivity index (χ1n) is 11.2. The lowest BCUT2D eigenvalue weighted by atomic mass is 9.98. The van der Waals surface area contributed by atoms with Crippen LogP contribution in [0.3, 0.4) is 0 Å². The van der Waals surface area contributed by atoms with Crippen molar-refractivity contribution in [2.75, 3.05) is 19.8 Å². The molecular formula is C25H28N2O6. The smallest absolute Gasteiger partial charge is 0.407 e. The van der Waals surface area contributed by atoms with Crippen LogP contribution in [0.1, 0.15) is 36.8 Å². The maximum Gasteiger partial charge on any atom is 0.407 e. The van der Waals surface area contributed by atoms with Crippen molar-refractivity contribution in [3.05, 3.63) is 59.7 Å². The summed E-state index contributed by atoms with van der Waals surface area (Å²) in [5.41, 5.74) is 4.53. The zero-order valence-corrected chi connectivity index (χ0v) is 18.5. The third-order valence-corrected chi connectivity index (χ3v) is 6.29. The molecule has 4 rings (SSSR count). The molecule has 174 valence electrons. The van der Waals surface area contributed by atoms with Crippen molar-refractivity contribution in [3.8, 4) is 11.1 Å². The van der Waals surface area contributed by atoms with E-state index in [4.69, 9.17) is 14.6 Å². The molecule has 1 fully saturated rings. The van der Waals surface area contributed by atoms with Gasteiger partial charge in [-0.2, -0.15) is 0 Å². The van der Waals surface area contributed by atoms with E-state index in [0.29, 0.717) is 12.8 Å². The van der Waals surface area contributed by atoms with Crippen LogP contribution in [0.15, 0.2) is 48.5 Å². The highest BCUT2D eigenvalue weighted by Crippen LogP contribution is 2.44. The average Bonchev–Trinajstić information content (AvgIpc) is 3.43. The van der Waals surface area contributed by atoms with Gasteiger partial charge in [-0.15, -0.1) is 0 Å². The summed E-state index contributed by atoms with van der Waals surface area (Å²) in [6, 6.07) is 15.4. The van der Waals surface area contributed by atoms with Crippen LogP contribution < -0.4 is 10.6 Å². The van der Waals surface area contributed by atoms with E-state index in [-0.39, 0.29) is 37.7 Å². The molecule has 8 nitrogen and oxygen atoms in total. The molecule has 2 aromatic rings. The van der Waals surface area contributed by atoms with Crippen LogP contribution in [0, 0.1) is 5.92 Å². The third kappa shape index (κ3) is 5.01. The van der Waals surface area contributed by atoms with Crippen molar-refractivity contribution < 1.29 is 29.0 Å². The Morgan fingerprint density at radius 1 is 1.09 bits per heavy atom. The fourth-order valence-corrected chi connectivity index (χ4v) is 4.49. The summed E-state index contributed by atoms with van der Waals surface area (Å²) in [6.07, 6.45) is -0.255. The number of hydrogen-bond donors (Lipinski definition) is 3. The number of amides is 2. The molecule has 1 aliphatic carbocycles. The molecule has 1 aliphatic heterocycles. The van der Waals surface area contributed by atoms with Crippen LogP contribution in [0.4, 0.5) is 4.79 Å². The fraction of sp³-hybridized carbons (Fsp3) is 0.400. The molecule has 3 atom stereocenters. The van der Waals surface area contributed by atoms with Gasteiger partial charge in [-0.1, -0.05) is 55.5 Å². The second-order valence-electron chi connectivity index (χ2n) is 8.40. The first-order chi connectivity index (χ1) is 16.0. The number of rotatable bonds is 8. The fourth-order valence-electron chi connectivity index (χ4n) is 4.49. The van der Waals surface area contributed by atoms with E-state index in [0.717, 1.165) is 22.3 Å². The van der Waals surface area contributed by atoms with Gasteiger partial charge >= 0.3 is 12.1 Å². The number of hydrogen-bond acceptors (Lipinski definition) is 5. The van der Waals surface area contributed by atoms with E-state index >= 15 is 0 Å². The molecule has 2 aliphatic rings. The van der Waals surface area contributed by atoms with Crippen LogP contribution in [0.2, 0.25) is 0 Å². The van der Waals surface area contributed by atoms with E-state index in [1.807, 2.05) is 36.4 Å². The molecule has 1 heterocycles. The number of fused-ring (bicyclic) bond motifs is 3. The second kappa shape index (κ2) is 10.0. The third-order valence-electron chi connectivity index (χ3n) is 6.29. The Balaban J connectivity index is 1.29. The van der Waals surface area contributed by atoms with E-state index in [2.05, 4.69) is 22.8 Å². The van der Waals surface area contributed by atoms with Crippen molar-refractivity contribution in [1.29, 1.82) is 0 Å². The molecule has 0 bridgehead atoms. The predicted octanol–water partition coefficient (Wildman–Crippen LogP) is 2.91. The van der Waals surface area contributed by atoms with Gasteiger partial charge in [0, 0.05) is 12.5 Å². The van der Waals surface area contributed by atoms with Crippen LogP contribution in [-0.2, 0) is 19.1 Å². The van der Waals surface area contributed by atoms with Gasteiger partial charge in [0.05, 0.1) is 18.6 Å². The molecule has 2 amide bonds. The Labute approximate surface area is 192 Å². The average molecular weight is 453 g/mol. The summed E-state index contributed by atoms with van der Waals surface area (Å²) in [5, 5.41) is 14.4. The number of nitrogens with one attached hydrogen (secondary N) is 2. The zero-order chi connectivity index (χ0) is 23.4. The summed E-state index contributed by atoms with van der Waals surface area (Å²) in [5.74, 6) is -1.85. The zero-order valence-electron chi connectivity index (χ0n) is 18.5. The van der Waals surface area contributed by atoms with Crippen molar-refractivity contribution in [1.82, 2.24) is 10.6 Å². The Morgan fingerprint density at radius 2 is 1.73 bits per heavy atom. The summed E-state index contributed by atoms with van der Waals surface area (Å²) in [6.45, 7) is 2.31. The van der Waals surface area contributed by atoms with Gasteiger partial charge in [0.25, 0.3) is 0 Å². The molecule has 1 saturated heterocycles. The summed E-state index contributed by atoms with van der Waals surface area (Å²) >= 11 is 0.